The van der Waals surface area contributed by atoms with Gasteiger partial charge in [0.2, 0.25) is 5.78 Å². The van der Waals surface area contributed by atoms with Crippen LogP contribution in [0.1, 0.15) is 13.3 Å². The summed E-state index contributed by atoms with van der Waals surface area (Å²) >= 11 is 0. The molecule has 0 aliphatic heterocycles. The van der Waals surface area contributed by atoms with Crippen molar-refractivity contribution in [2.75, 3.05) is 6.61 Å². The van der Waals surface area contributed by atoms with Crippen LogP contribution in [0.3, 0.4) is 0 Å². The second-order valence-electron chi connectivity index (χ2n) is 2.50. The molecule has 0 aromatic heterocycles. The van der Waals surface area contributed by atoms with Crippen molar-refractivity contribution >= 4 is 11.6 Å². The van der Waals surface area contributed by atoms with Gasteiger partial charge in [-0.1, -0.05) is 0 Å². The highest BCUT2D eigenvalue weighted by Crippen LogP contribution is 1.99. The van der Waals surface area contributed by atoms with Crippen molar-refractivity contribution in [3.05, 3.63) is 0 Å². The summed E-state index contributed by atoms with van der Waals surface area (Å²) in [7, 11) is 0. The fourth-order valence-electron chi connectivity index (χ4n) is 0.591. The summed E-state index contributed by atoms with van der Waals surface area (Å²) in [6, 6.07) is 0. The minimum absolute atomic E-state index is 0.447. The normalized spacial score (nSPS) is 15.3. The molecule has 2 atom stereocenters. The average Bonchev–Trinajstić information content (AvgIpc) is 2.02. The maximum absolute atomic E-state index is 10.7. The van der Waals surface area contributed by atoms with Crippen molar-refractivity contribution < 1.29 is 24.9 Å². The van der Waals surface area contributed by atoms with E-state index in [1.807, 2.05) is 0 Å². The van der Waals surface area contributed by atoms with Gasteiger partial charge in [0.1, 0.15) is 6.10 Å². The molecule has 0 fully saturated rings. The molecular formula is C7H12O5. The molecule has 0 rings (SSSR count). The molecular weight excluding hydrogens is 164 g/mol. The van der Waals surface area contributed by atoms with Crippen molar-refractivity contribution in [1.82, 2.24) is 0 Å². The topological polar surface area (TPSA) is 94.8 Å². The van der Waals surface area contributed by atoms with Gasteiger partial charge in [0.05, 0.1) is 12.7 Å². The standard InChI is InChI=1S/C7H12O5/c1-4(9)5(10)2-6(11)7(12)3-8/h6-8,11-12H,2-3H2,1H3. The molecule has 12 heavy (non-hydrogen) atoms. The Morgan fingerprint density at radius 1 is 1.25 bits per heavy atom. The van der Waals surface area contributed by atoms with Gasteiger partial charge < -0.3 is 15.3 Å². The predicted octanol–water partition coefficient (Wildman–Crippen LogP) is -1.75. The van der Waals surface area contributed by atoms with E-state index in [9.17, 15) is 9.59 Å². The average molecular weight is 176 g/mol. The van der Waals surface area contributed by atoms with E-state index >= 15 is 0 Å². The molecule has 3 N–H and O–H groups in total. The smallest absolute Gasteiger partial charge is 0.200 e. The minimum Gasteiger partial charge on any atom is -0.394 e. The van der Waals surface area contributed by atoms with Crippen molar-refractivity contribution in [2.24, 2.45) is 0 Å². The number of aliphatic hydroxyl groups excluding tert-OH is 3. The lowest BCUT2D eigenvalue weighted by Crippen LogP contribution is -2.32. The van der Waals surface area contributed by atoms with E-state index in [1.54, 1.807) is 0 Å². The number of carbonyl (C=O) groups excluding carboxylic acids is 2. The lowest BCUT2D eigenvalue weighted by atomic mass is 10.1. The van der Waals surface area contributed by atoms with Crippen molar-refractivity contribution in [3.8, 4) is 0 Å². The number of hydrogen-bond donors (Lipinski definition) is 3. The molecule has 0 saturated carbocycles. The first kappa shape index (κ1) is 11.2. The largest absolute Gasteiger partial charge is 0.394 e. The molecule has 0 aromatic carbocycles. The van der Waals surface area contributed by atoms with Gasteiger partial charge in [0.15, 0.2) is 5.78 Å². The molecule has 70 valence electrons. The van der Waals surface area contributed by atoms with E-state index in [0.717, 1.165) is 6.92 Å². The summed E-state index contributed by atoms with van der Waals surface area (Å²) in [6.45, 7) is 0.451. The third-order valence-corrected chi connectivity index (χ3v) is 1.42. The Kier molecular flexibility index (Phi) is 4.65. The van der Waals surface area contributed by atoms with Gasteiger partial charge in [-0.2, -0.15) is 0 Å². The molecule has 0 amide bonds. The Balaban J connectivity index is 3.92. The van der Waals surface area contributed by atoms with Gasteiger partial charge in [0.25, 0.3) is 0 Å². The zero-order valence-electron chi connectivity index (χ0n) is 6.73. The highest BCUT2D eigenvalue weighted by atomic mass is 16.4. The van der Waals surface area contributed by atoms with Crippen LogP contribution >= 0.6 is 0 Å². The zero-order valence-corrected chi connectivity index (χ0v) is 6.73. The number of carbonyl (C=O) groups is 2. The third kappa shape index (κ3) is 3.56. The van der Waals surface area contributed by atoms with Gasteiger partial charge in [-0.15, -0.1) is 0 Å². The highest BCUT2D eigenvalue weighted by molar-refractivity contribution is 6.36. The molecule has 0 radical (unpaired) electrons. The molecule has 2 unspecified atom stereocenters. The summed E-state index contributed by atoms with van der Waals surface area (Å²) in [6.07, 6.45) is -3.18. The fraction of sp³-hybridized carbons (Fsp3) is 0.714. The molecule has 5 heteroatoms. The Labute approximate surface area is 69.6 Å². The van der Waals surface area contributed by atoms with E-state index in [2.05, 4.69) is 0 Å². The van der Waals surface area contributed by atoms with Gasteiger partial charge in [-0.3, -0.25) is 9.59 Å². The number of Topliss-reactive ketones (excluding diaryl/α,β-unsaturated/α-hetero) is 2. The van der Waals surface area contributed by atoms with Gasteiger partial charge >= 0.3 is 0 Å². The summed E-state index contributed by atoms with van der Waals surface area (Å²) in [5.41, 5.74) is 0. The van der Waals surface area contributed by atoms with Crippen LogP contribution in [0.4, 0.5) is 0 Å². The fourth-order valence-corrected chi connectivity index (χ4v) is 0.591. The van der Waals surface area contributed by atoms with Crippen LogP contribution in [0.2, 0.25) is 0 Å². The Morgan fingerprint density at radius 3 is 2.08 bits per heavy atom. The molecule has 0 saturated heterocycles. The number of hydrogen-bond acceptors (Lipinski definition) is 5. The molecule has 0 aliphatic carbocycles. The van der Waals surface area contributed by atoms with Crippen LogP contribution < -0.4 is 0 Å². The van der Waals surface area contributed by atoms with Gasteiger partial charge in [0, 0.05) is 13.3 Å². The summed E-state index contributed by atoms with van der Waals surface area (Å²) in [5.74, 6) is -1.42. The zero-order chi connectivity index (χ0) is 9.72. The third-order valence-electron chi connectivity index (χ3n) is 1.42. The predicted molar refractivity (Wildman–Crippen MR) is 39.4 cm³/mol. The molecule has 0 spiro atoms. The molecule has 0 aliphatic rings. The van der Waals surface area contributed by atoms with E-state index in [4.69, 9.17) is 15.3 Å². The quantitative estimate of drug-likeness (QED) is 0.432. The SMILES string of the molecule is CC(=O)C(=O)CC(O)C(O)CO. The first-order chi connectivity index (χ1) is 5.49. The van der Waals surface area contributed by atoms with Crippen molar-refractivity contribution in [3.63, 3.8) is 0 Å². The van der Waals surface area contributed by atoms with E-state index in [0.29, 0.717) is 0 Å². The number of ketones is 2. The Bertz CT molecular complexity index is 177. The van der Waals surface area contributed by atoms with Crippen LogP contribution in [-0.2, 0) is 9.59 Å². The summed E-state index contributed by atoms with van der Waals surface area (Å²) in [5, 5.41) is 26.1. The van der Waals surface area contributed by atoms with Gasteiger partial charge in [-0.25, -0.2) is 0 Å². The van der Waals surface area contributed by atoms with E-state index < -0.39 is 36.8 Å². The van der Waals surface area contributed by atoms with E-state index in [-0.39, 0.29) is 0 Å². The maximum Gasteiger partial charge on any atom is 0.200 e. The molecule has 0 heterocycles. The molecule has 0 aromatic rings. The summed E-state index contributed by atoms with van der Waals surface area (Å²) in [4.78, 5) is 21.1. The van der Waals surface area contributed by atoms with Crippen LogP contribution in [0.5, 0.6) is 0 Å². The lowest BCUT2D eigenvalue weighted by molar-refractivity contribution is -0.137. The van der Waals surface area contributed by atoms with Crippen LogP contribution in [0, 0.1) is 0 Å². The minimum atomic E-state index is -1.37. The van der Waals surface area contributed by atoms with Crippen LogP contribution in [0.25, 0.3) is 0 Å². The van der Waals surface area contributed by atoms with Crippen LogP contribution in [-0.4, -0.2) is 45.7 Å². The number of aliphatic hydroxyl groups is 3. The Morgan fingerprint density at radius 2 is 1.75 bits per heavy atom. The first-order valence-corrected chi connectivity index (χ1v) is 3.49. The second-order valence-corrected chi connectivity index (χ2v) is 2.50. The van der Waals surface area contributed by atoms with E-state index in [1.165, 1.54) is 0 Å². The molecule has 5 nitrogen and oxygen atoms in total. The van der Waals surface area contributed by atoms with Crippen molar-refractivity contribution in [2.45, 2.75) is 25.6 Å². The second kappa shape index (κ2) is 4.97. The van der Waals surface area contributed by atoms with Crippen LogP contribution in [0.15, 0.2) is 0 Å². The highest BCUT2D eigenvalue weighted by Gasteiger charge is 2.20. The first-order valence-electron chi connectivity index (χ1n) is 3.49. The summed E-state index contributed by atoms with van der Waals surface area (Å²) < 4.78 is 0. The van der Waals surface area contributed by atoms with Crippen molar-refractivity contribution in [1.29, 1.82) is 0 Å². The lowest BCUT2D eigenvalue weighted by Gasteiger charge is -2.13. The number of rotatable bonds is 5. The Hall–Kier alpha value is -0.780. The monoisotopic (exact) mass is 176 g/mol. The molecule has 0 bridgehead atoms. The maximum atomic E-state index is 10.7. The van der Waals surface area contributed by atoms with Gasteiger partial charge in [-0.05, 0) is 0 Å².